The van der Waals surface area contributed by atoms with Crippen molar-refractivity contribution in [2.75, 3.05) is 39.3 Å². The van der Waals surface area contributed by atoms with Gasteiger partial charge in [-0.05, 0) is 49.9 Å². The topological polar surface area (TPSA) is 95.8 Å². The highest BCUT2D eigenvalue weighted by atomic mass is 16.6. The van der Waals surface area contributed by atoms with Crippen LogP contribution >= 0.6 is 0 Å². The van der Waals surface area contributed by atoms with Crippen LogP contribution in [0.25, 0.3) is 0 Å². The van der Waals surface area contributed by atoms with E-state index in [0.29, 0.717) is 31.7 Å². The maximum atomic E-state index is 12.8. The summed E-state index contributed by atoms with van der Waals surface area (Å²) in [7, 11) is 0. The molecule has 8 heteroatoms. The van der Waals surface area contributed by atoms with E-state index < -0.39 is 4.92 Å². The summed E-state index contributed by atoms with van der Waals surface area (Å²) >= 11 is 0. The molecule has 27 heavy (non-hydrogen) atoms. The van der Waals surface area contributed by atoms with E-state index in [1.165, 1.54) is 24.3 Å². The van der Waals surface area contributed by atoms with Crippen molar-refractivity contribution in [2.24, 2.45) is 11.3 Å². The van der Waals surface area contributed by atoms with Gasteiger partial charge in [-0.25, -0.2) is 0 Å². The standard InChI is InChI=1S/C19H24N4O4/c24-17(14-1-3-15(4-2-14)23(26)27)21-9-11-22(12-10-21)18(25)16-13-19(16)5-7-20-8-6-19/h1-4,16,20H,5-13H2. The maximum absolute atomic E-state index is 12.8. The Bertz CT molecular complexity index is 749. The van der Waals surface area contributed by atoms with Crippen molar-refractivity contribution >= 4 is 17.5 Å². The largest absolute Gasteiger partial charge is 0.339 e. The van der Waals surface area contributed by atoms with E-state index in [1.54, 1.807) is 4.90 Å². The monoisotopic (exact) mass is 372 g/mol. The van der Waals surface area contributed by atoms with Gasteiger partial charge in [0, 0.05) is 49.8 Å². The summed E-state index contributed by atoms with van der Waals surface area (Å²) in [6, 6.07) is 5.67. The number of nitrogens with one attached hydrogen (secondary N) is 1. The van der Waals surface area contributed by atoms with Gasteiger partial charge in [0.25, 0.3) is 11.6 Å². The first-order chi connectivity index (χ1) is 13.0. The van der Waals surface area contributed by atoms with Crippen LogP contribution in [0.15, 0.2) is 24.3 Å². The van der Waals surface area contributed by atoms with E-state index >= 15 is 0 Å². The number of hydrogen-bond acceptors (Lipinski definition) is 5. The van der Waals surface area contributed by atoms with Crippen molar-refractivity contribution in [3.63, 3.8) is 0 Å². The zero-order valence-electron chi connectivity index (χ0n) is 15.2. The Morgan fingerprint density at radius 1 is 1.04 bits per heavy atom. The van der Waals surface area contributed by atoms with Crippen LogP contribution in [0.3, 0.4) is 0 Å². The molecule has 3 fully saturated rings. The summed E-state index contributed by atoms with van der Waals surface area (Å²) in [4.78, 5) is 39.3. The van der Waals surface area contributed by atoms with Crippen molar-refractivity contribution < 1.29 is 14.5 Å². The highest BCUT2D eigenvalue weighted by molar-refractivity contribution is 5.94. The van der Waals surface area contributed by atoms with Gasteiger partial charge in [-0.1, -0.05) is 0 Å². The predicted octanol–water partition coefficient (Wildman–Crippen LogP) is 1.27. The molecule has 4 rings (SSSR count). The fraction of sp³-hybridized carbons (Fsp3) is 0.579. The van der Waals surface area contributed by atoms with Crippen LogP contribution in [0.1, 0.15) is 29.6 Å². The fourth-order valence-electron chi connectivity index (χ4n) is 4.43. The summed E-state index contributed by atoms with van der Waals surface area (Å²) in [6.45, 7) is 4.12. The number of benzene rings is 1. The van der Waals surface area contributed by atoms with Crippen LogP contribution in [0, 0.1) is 21.4 Å². The average Bonchev–Trinajstić information content (AvgIpc) is 3.40. The van der Waals surface area contributed by atoms with Crippen molar-refractivity contribution in [3.05, 3.63) is 39.9 Å². The first-order valence-corrected chi connectivity index (χ1v) is 9.53. The third-order valence-corrected chi connectivity index (χ3v) is 6.29. The van der Waals surface area contributed by atoms with Crippen molar-refractivity contribution in [3.8, 4) is 0 Å². The lowest BCUT2D eigenvalue weighted by Gasteiger charge is -2.35. The van der Waals surface area contributed by atoms with Gasteiger partial charge in [0.2, 0.25) is 5.91 Å². The Hall–Kier alpha value is -2.48. The molecule has 1 unspecified atom stereocenters. The zero-order chi connectivity index (χ0) is 19.0. The molecule has 2 saturated heterocycles. The number of amides is 2. The zero-order valence-corrected chi connectivity index (χ0v) is 15.2. The highest BCUT2D eigenvalue weighted by Crippen LogP contribution is 2.59. The molecule has 1 atom stereocenters. The number of carbonyl (C=O) groups excluding carboxylic acids is 2. The number of nitro groups is 1. The minimum Gasteiger partial charge on any atom is -0.339 e. The van der Waals surface area contributed by atoms with E-state index in [1.807, 2.05) is 4.90 Å². The summed E-state index contributed by atoms with van der Waals surface area (Å²) in [5.74, 6) is 0.272. The number of nitrogens with zero attached hydrogens (tertiary/aromatic N) is 3. The van der Waals surface area contributed by atoms with E-state index in [0.717, 1.165) is 32.4 Å². The van der Waals surface area contributed by atoms with Crippen LogP contribution < -0.4 is 5.32 Å². The second-order valence-electron chi connectivity index (χ2n) is 7.79. The molecule has 1 aromatic rings. The number of piperazine rings is 1. The number of carbonyl (C=O) groups is 2. The number of nitro benzene ring substituents is 1. The van der Waals surface area contributed by atoms with Gasteiger partial charge in [-0.3, -0.25) is 19.7 Å². The van der Waals surface area contributed by atoms with Crippen LogP contribution in [0.2, 0.25) is 0 Å². The molecule has 8 nitrogen and oxygen atoms in total. The summed E-state index contributed by atoms with van der Waals surface area (Å²) in [5.41, 5.74) is 0.642. The lowest BCUT2D eigenvalue weighted by Crippen LogP contribution is -2.51. The average molecular weight is 372 g/mol. The molecule has 1 spiro atoms. The van der Waals surface area contributed by atoms with Crippen LogP contribution in [-0.2, 0) is 4.79 Å². The number of non-ortho nitro benzene ring substituents is 1. The van der Waals surface area contributed by atoms with Gasteiger partial charge in [-0.15, -0.1) is 0 Å². The molecule has 1 aliphatic carbocycles. The molecule has 0 aromatic heterocycles. The Balaban J connectivity index is 1.31. The molecule has 0 bridgehead atoms. The summed E-state index contributed by atoms with van der Waals surface area (Å²) in [6.07, 6.45) is 3.18. The van der Waals surface area contributed by atoms with E-state index in [2.05, 4.69) is 5.32 Å². The molecule has 2 amide bonds. The predicted molar refractivity (Wildman–Crippen MR) is 98.2 cm³/mol. The van der Waals surface area contributed by atoms with Gasteiger partial charge in [0.15, 0.2) is 0 Å². The molecule has 2 aliphatic heterocycles. The molecule has 1 N–H and O–H groups in total. The third-order valence-electron chi connectivity index (χ3n) is 6.29. The molecule has 1 aromatic carbocycles. The smallest absolute Gasteiger partial charge is 0.269 e. The normalized spacial score (nSPS) is 23.9. The van der Waals surface area contributed by atoms with Crippen LogP contribution in [0.5, 0.6) is 0 Å². The summed E-state index contributed by atoms with van der Waals surface area (Å²) in [5, 5.41) is 14.1. The van der Waals surface area contributed by atoms with Crippen molar-refractivity contribution in [1.82, 2.24) is 15.1 Å². The number of rotatable bonds is 3. The Morgan fingerprint density at radius 3 is 2.22 bits per heavy atom. The van der Waals surface area contributed by atoms with E-state index in [9.17, 15) is 19.7 Å². The van der Waals surface area contributed by atoms with Gasteiger partial charge in [0.1, 0.15) is 0 Å². The molecule has 0 radical (unpaired) electrons. The molecule has 2 heterocycles. The van der Waals surface area contributed by atoms with Gasteiger partial charge >= 0.3 is 0 Å². The first kappa shape index (κ1) is 17.9. The minimum atomic E-state index is -0.480. The quantitative estimate of drug-likeness (QED) is 0.637. The van der Waals surface area contributed by atoms with Crippen molar-refractivity contribution in [1.29, 1.82) is 0 Å². The van der Waals surface area contributed by atoms with Crippen molar-refractivity contribution in [2.45, 2.75) is 19.3 Å². The lowest BCUT2D eigenvalue weighted by atomic mass is 9.91. The molecule has 1 saturated carbocycles. The van der Waals surface area contributed by atoms with Crippen LogP contribution in [-0.4, -0.2) is 65.8 Å². The van der Waals surface area contributed by atoms with Gasteiger partial charge < -0.3 is 15.1 Å². The Morgan fingerprint density at radius 2 is 1.63 bits per heavy atom. The second kappa shape index (κ2) is 6.92. The minimum absolute atomic E-state index is 0.0294. The lowest BCUT2D eigenvalue weighted by molar-refractivity contribution is -0.384. The van der Waals surface area contributed by atoms with Gasteiger partial charge in [-0.2, -0.15) is 0 Å². The molecule has 144 valence electrons. The summed E-state index contributed by atoms with van der Waals surface area (Å²) < 4.78 is 0. The molecule has 3 aliphatic rings. The third kappa shape index (κ3) is 3.41. The van der Waals surface area contributed by atoms with E-state index in [4.69, 9.17) is 0 Å². The highest BCUT2D eigenvalue weighted by Gasteiger charge is 2.58. The van der Waals surface area contributed by atoms with E-state index in [-0.39, 0.29) is 28.8 Å². The first-order valence-electron chi connectivity index (χ1n) is 9.53. The maximum Gasteiger partial charge on any atom is 0.269 e. The Labute approximate surface area is 157 Å². The second-order valence-corrected chi connectivity index (χ2v) is 7.79. The SMILES string of the molecule is O=C(c1ccc([N+](=O)[O-])cc1)N1CCN(C(=O)C2CC23CCNCC3)CC1. The molecular weight excluding hydrogens is 348 g/mol. The van der Waals surface area contributed by atoms with Crippen LogP contribution in [0.4, 0.5) is 5.69 Å². The number of hydrogen-bond donors (Lipinski definition) is 1. The van der Waals surface area contributed by atoms with Gasteiger partial charge in [0.05, 0.1) is 4.92 Å². The molecular formula is C19H24N4O4. The Kier molecular flexibility index (Phi) is 4.59. The fourth-order valence-corrected chi connectivity index (χ4v) is 4.43. The number of piperidine rings is 1.